The summed E-state index contributed by atoms with van der Waals surface area (Å²) in [5, 5.41) is 0. The Kier molecular flexibility index (Phi) is 2.25. The standard InChI is InChI=1S/C7H11N3O/c1-9-4-5-10(6-9)3-2-7(8)11/h4-6H,2-3H2,1H3,(H-,8,11)/p+1. The lowest BCUT2D eigenvalue weighted by Gasteiger charge is -1.90. The summed E-state index contributed by atoms with van der Waals surface area (Å²) in [4.78, 5) is 10.4. The highest BCUT2D eigenvalue weighted by Crippen LogP contribution is 1.80. The molecular weight excluding hydrogens is 142 g/mol. The molecule has 0 aliphatic heterocycles. The molecule has 2 N–H and O–H groups in total. The van der Waals surface area contributed by atoms with E-state index in [0.29, 0.717) is 13.0 Å². The Morgan fingerprint density at radius 1 is 1.73 bits per heavy atom. The second-order valence-electron chi connectivity index (χ2n) is 2.53. The van der Waals surface area contributed by atoms with Crippen molar-refractivity contribution in [1.29, 1.82) is 0 Å². The summed E-state index contributed by atoms with van der Waals surface area (Å²) in [6.45, 7) is 0.663. The second-order valence-corrected chi connectivity index (χ2v) is 2.53. The van der Waals surface area contributed by atoms with Crippen LogP contribution in [0.1, 0.15) is 6.42 Å². The molecule has 0 saturated heterocycles. The van der Waals surface area contributed by atoms with Crippen molar-refractivity contribution in [3.63, 3.8) is 0 Å². The minimum Gasteiger partial charge on any atom is -0.370 e. The molecule has 0 aliphatic carbocycles. The maximum absolute atomic E-state index is 10.4. The van der Waals surface area contributed by atoms with Gasteiger partial charge in [0, 0.05) is 0 Å². The summed E-state index contributed by atoms with van der Waals surface area (Å²) >= 11 is 0. The van der Waals surface area contributed by atoms with Gasteiger partial charge in [0.2, 0.25) is 12.2 Å². The molecule has 4 heteroatoms. The lowest BCUT2D eigenvalue weighted by atomic mass is 10.4. The Morgan fingerprint density at radius 2 is 2.45 bits per heavy atom. The second kappa shape index (κ2) is 3.18. The number of nitrogens with zero attached hydrogens (tertiary/aromatic N) is 2. The number of aryl methyl sites for hydroxylation is 2. The quantitative estimate of drug-likeness (QED) is 0.569. The van der Waals surface area contributed by atoms with E-state index in [0.717, 1.165) is 0 Å². The fraction of sp³-hybridized carbons (Fsp3) is 0.429. The highest BCUT2D eigenvalue weighted by atomic mass is 16.1. The summed E-state index contributed by atoms with van der Waals surface area (Å²) in [5.41, 5.74) is 4.99. The number of nitrogens with two attached hydrogens (primary N) is 1. The summed E-state index contributed by atoms with van der Waals surface area (Å²) in [6.07, 6.45) is 6.13. The van der Waals surface area contributed by atoms with Crippen molar-refractivity contribution in [2.24, 2.45) is 12.8 Å². The molecule has 0 atom stereocenters. The molecule has 1 aromatic heterocycles. The number of imidazole rings is 1. The van der Waals surface area contributed by atoms with E-state index >= 15 is 0 Å². The van der Waals surface area contributed by atoms with E-state index in [-0.39, 0.29) is 5.91 Å². The van der Waals surface area contributed by atoms with Gasteiger partial charge in [-0.15, -0.1) is 0 Å². The average Bonchev–Trinajstić information content (AvgIpc) is 2.31. The summed E-state index contributed by atoms with van der Waals surface area (Å²) in [7, 11) is 1.93. The number of carbonyl (C=O) groups is 1. The van der Waals surface area contributed by atoms with Crippen molar-refractivity contribution < 1.29 is 9.36 Å². The molecule has 0 spiro atoms. The van der Waals surface area contributed by atoms with Crippen LogP contribution in [-0.2, 0) is 18.4 Å². The van der Waals surface area contributed by atoms with E-state index in [9.17, 15) is 4.79 Å². The van der Waals surface area contributed by atoms with Crippen LogP contribution in [0, 0.1) is 0 Å². The van der Waals surface area contributed by atoms with Gasteiger partial charge in [-0.3, -0.25) is 4.79 Å². The highest BCUT2D eigenvalue weighted by Gasteiger charge is 2.01. The number of hydrogen-bond donors (Lipinski definition) is 1. The molecule has 0 radical (unpaired) electrons. The SMILES string of the molecule is Cn1cc[n+](CCC(N)=O)c1. The molecule has 4 nitrogen and oxygen atoms in total. The molecule has 60 valence electrons. The largest absolute Gasteiger partial charge is 0.370 e. The van der Waals surface area contributed by atoms with Crippen molar-refractivity contribution in [3.8, 4) is 0 Å². The lowest BCUT2D eigenvalue weighted by molar-refractivity contribution is -0.695. The molecule has 0 aromatic carbocycles. The van der Waals surface area contributed by atoms with Crippen LogP contribution < -0.4 is 10.3 Å². The van der Waals surface area contributed by atoms with Gasteiger partial charge in [-0.2, -0.15) is 0 Å². The number of rotatable bonds is 3. The number of carbonyl (C=O) groups excluding carboxylic acids is 1. The molecule has 0 bridgehead atoms. The lowest BCUT2D eigenvalue weighted by Crippen LogP contribution is -2.33. The molecular formula is C7H12N3O+. The van der Waals surface area contributed by atoms with Gasteiger partial charge in [-0.05, 0) is 0 Å². The van der Waals surface area contributed by atoms with E-state index in [1.54, 1.807) is 0 Å². The van der Waals surface area contributed by atoms with Gasteiger partial charge in [0.1, 0.15) is 12.4 Å². The first-order valence-corrected chi connectivity index (χ1v) is 3.48. The first kappa shape index (κ1) is 7.78. The van der Waals surface area contributed by atoms with Crippen molar-refractivity contribution in [3.05, 3.63) is 18.7 Å². The number of primary amides is 1. The fourth-order valence-corrected chi connectivity index (χ4v) is 0.873. The van der Waals surface area contributed by atoms with E-state index in [1.807, 2.05) is 34.9 Å². The molecule has 11 heavy (non-hydrogen) atoms. The molecule has 1 rings (SSSR count). The number of hydrogen-bond acceptors (Lipinski definition) is 1. The summed E-state index contributed by atoms with van der Waals surface area (Å²) in [5.74, 6) is -0.263. The Hall–Kier alpha value is -1.32. The van der Waals surface area contributed by atoms with Crippen molar-refractivity contribution in [1.82, 2.24) is 4.57 Å². The average molecular weight is 154 g/mol. The Labute approximate surface area is 65.2 Å². The van der Waals surface area contributed by atoms with Gasteiger partial charge in [0.15, 0.2) is 0 Å². The van der Waals surface area contributed by atoms with Gasteiger partial charge >= 0.3 is 0 Å². The normalized spacial score (nSPS) is 9.91. The van der Waals surface area contributed by atoms with Crippen LogP contribution in [0.15, 0.2) is 18.7 Å². The first-order chi connectivity index (χ1) is 5.18. The topological polar surface area (TPSA) is 51.9 Å². The van der Waals surface area contributed by atoms with E-state index < -0.39 is 0 Å². The van der Waals surface area contributed by atoms with Crippen molar-refractivity contribution >= 4 is 5.91 Å². The van der Waals surface area contributed by atoms with Crippen LogP contribution in [0.3, 0.4) is 0 Å². The van der Waals surface area contributed by atoms with Gasteiger partial charge in [-0.1, -0.05) is 0 Å². The fourth-order valence-electron chi connectivity index (χ4n) is 0.873. The molecule has 0 aliphatic rings. The Morgan fingerprint density at radius 3 is 2.91 bits per heavy atom. The van der Waals surface area contributed by atoms with Crippen molar-refractivity contribution in [2.45, 2.75) is 13.0 Å². The third-order valence-corrected chi connectivity index (χ3v) is 1.44. The molecule has 0 fully saturated rings. The Bertz CT molecular complexity index is 254. The minimum atomic E-state index is -0.263. The summed E-state index contributed by atoms with van der Waals surface area (Å²) < 4.78 is 3.84. The van der Waals surface area contributed by atoms with Crippen LogP contribution >= 0.6 is 0 Å². The van der Waals surface area contributed by atoms with E-state index in [4.69, 9.17) is 5.73 Å². The maximum Gasteiger partial charge on any atom is 0.243 e. The third kappa shape index (κ3) is 2.41. The predicted molar refractivity (Wildman–Crippen MR) is 39.4 cm³/mol. The van der Waals surface area contributed by atoms with Crippen LogP contribution in [0.2, 0.25) is 0 Å². The Balaban J connectivity index is 2.45. The zero-order chi connectivity index (χ0) is 8.27. The number of aromatic nitrogens is 2. The summed E-state index contributed by atoms with van der Waals surface area (Å²) in [6, 6.07) is 0. The first-order valence-electron chi connectivity index (χ1n) is 3.48. The maximum atomic E-state index is 10.4. The van der Waals surface area contributed by atoms with Crippen molar-refractivity contribution in [2.75, 3.05) is 0 Å². The smallest absolute Gasteiger partial charge is 0.243 e. The molecule has 1 amide bonds. The van der Waals surface area contributed by atoms with E-state index in [2.05, 4.69) is 0 Å². The molecule has 1 aromatic rings. The van der Waals surface area contributed by atoms with Gasteiger partial charge in [0.25, 0.3) is 0 Å². The van der Waals surface area contributed by atoms with E-state index in [1.165, 1.54) is 0 Å². The predicted octanol–water partition coefficient (Wildman–Crippen LogP) is -0.812. The van der Waals surface area contributed by atoms with Crippen LogP contribution in [0.4, 0.5) is 0 Å². The monoisotopic (exact) mass is 154 g/mol. The molecule has 1 heterocycles. The highest BCUT2D eigenvalue weighted by molar-refractivity contribution is 5.73. The molecule has 0 saturated carbocycles. The zero-order valence-corrected chi connectivity index (χ0v) is 6.53. The van der Waals surface area contributed by atoms with Gasteiger partial charge in [-0.25, -0.2) is 9.13 Å². The number of amides is 1. The van der Waals surface area contributed by atoms with Crippen LogP contribution in [-0.4, -0.2) is 10.5 Å². The zero-order valence-electron chi connectivity index (χ0n) is 6.53. The van der Waals surface area contributed by atoms with Crippen LogP contribution in [0.5, 0.6) is 0 Å². The third-order valence-electron chi connectivity index (χ3n) is 1.44. The minimum absolute atomic E-state index is 0.263. The van der Waals surface area contributed by atoms with Crippen LogP contribution in [0.25, 0.3) is 0 Å². The van der Waals surface area contributed by atoms with Gasteiger partial charge < -0.3 is 5.73 Å². The molecule has 0 unspecified atom stereocenters. The van der Waals surface area contributed by atoms with Gasteiger partial charge in [0.05, 0.1) is 20.0 Å².